The van der Waals surface area contributed by atoms with Crippen molar-refractivity contribution < 1.29 is 34.1 Å². The minimum Gasteiger partial charge on any atom is -0.481 e. The zero-order chi connectivity index (χ0) is 19.1. The van der Waals surface area contributed by atoms with Crippen molar-refractivity contribution in [2.75, 3.05) is 6.61 Å². The summed E-state index contributed by atoms with van der Waals surface area (Å²) in [7, 11) is 0. The molecule has 7 N–H and O–H groups in total. The zero-order valence-corrected chi connectivity index (χ0v) is 13.7. The molecule has 0 bridgehead atoms. The Balaban J connectivity index is 2.89. The third-order valence-corrected chi connectivity index (χ3v) is 3.16. The van der Waals surface area contributed by atoms with Crippen LogP contribution in [0.2, 0.25) is 0 Å². The van der Waals surface area contributed by atoms with Gasteiger partial charge in [-0.1, -0.05) is 0 Å². The zero-order valence-electron chi connectivity index (χ0n) is 13.7. The Morgan fingerprint density at radius 3 is 2.32 bits per heavy atom. The monoisotopic (exact) mass is 359 g/mol. The summed E-state index contributed by atoms with van der Waals surface area (Å²) >= 11 is 0. The first-order valence-corrected chi connectivity index (χ1v) is 7.32. The fraction of sp³-hybridized carbons (Fsp3) is 0.615. The Hall–Kier alpha value is -2.57. The molecule has 4 atom stereocenters. The van der Waals surface area contributed by atoms with E-state index in [9.17, 15) is 19.5 Å². The van der Waals surface area contributed by atoms with Gasteiger partial charge in [-0.2, -0.15) is 0 Å². The normalized spacial score (nSPS) is 15.7. The molecule has 2 amide bonds. The van der Waals surface area contributed by atoms with Crippen LogP contribution in [0.3, 0.4) is 0 Å². The summed E-state index contributed by atoms with van der Waals surface area (Å²) in [6, 6.07) is -4.21. The molecule has 0 aromatic carbocycles. The van der Waals surface area contributed by atoms with Crippen LogP contribution in [0, 0.1) is 0 Å². The van der Waals surface area contributed by atoms with Crippen molar-refractivity contribution in [1.82, 2.24) is 20.8 Å². The molecular weight excluding hydrogens is 338 g/mol. The summed E-state index contributed by atoms with van der Waals surface area (Å²) in [4.78, 5) is 34.4. The van der Waals surface area contributed by atoms with Crippen LogP contribution in [0.4, 0.5) is 4.79 Å². The Bertz CT molecular complexity index is 618. The maximum atomic E-state index is 12.0. The Morgan fingerprint density at radius 2 is 1.84 bits per heavy atom. The van der Waals surface area contributed by atoms with E-state index < -0.39 is 55.0 Å². The van der Waals surface area contributed by atoms with E-state index in [1.807, 2.05) is 0 Å². The van der Waals surface area contributed by atoms with Gasteiger partial charge in [-0.25, -0.2) is 4.79 Å². The summed E-state index contributed by atoms with van der Waals surface area (Å²) in [5.74, 6) is -2.09. The molecule has 1 aromatic rings. The number of aromatic nitrogens is 2. The molecule has 25 heavy (non-hydrogen) atoms. The molecule has 1 heterocycles. The van der Waals surface area contributed by atoms with Gasteiger partial charge in [0.15, 0.2) is 5.78 Å². The van der Waals surface area contributed by atoms with Gasteiger partial charge in [0.2, 0.25) is 11.8 Å². The van der Waals surface area contributed by atoms with Crippen LogP contribution in [0.15, 0.2) is 4.42 Å². The maximum absolute atomic E-state index is 12.0. The largest absolute Gasteiger partial charge is 0.481 e. The van der Waals surface area contributed by atoms with Crippen LogP contribution in [0.1, 0.15) is 44.1 Å². The molecule has 0 radical (unpaired) electrons. The summed E-state index contributed by atoms with van der Waals surface area (Å²) in [6.45, 7) is 2.04. The lowest BCUT2D eigenvalue weighted by molar-refractivity contribution is -0.137. The summed E-state index contributed by atoms with van der Waals surface area (Å²) < 4.78 is 5.17. The number of hydrogen-bond donors (Lipinski definition) is 6. The van der Waals surface area contributed by atoms with Crippen LogP contribution in [-0.2, 0) is 9.59 Å². The van der Waals surface area contributed by atoms with E-state index in [-0.39, 0.29) is 11.8 Å². The number of carbonyl (C=O) groups is 3. The Morgan fingerprint density at radius 1 is 1.24 bits per heavy atom. The van der Waals surface area contributed by atoms with Crippen LogP contribution in [-0.4, -0.2) is 62.1 Å². The minimum atomic E-state index is -1.25. The van der Waals surface area contributed by atoms with Crippen LogP contribution < -0.4 is 16.4 Å². The number of nitrogens with zero attached hydrogens (tertiary/aromatic N) is 2. The first-order valence-electron chi connectivity index (χ1n) is 7.32. The van der Waals surface area contributed by atoms with Gasteiger partial charge >= 0.3 is 12.0 Å². The molecular formula is C13H21N5O7. The number of amides is 2. The van der Waals surface area contributed by atoms with E-state index in [1.165, 1.54) is 13.8 Å². The predicted octanol–water partition coefficient (Wildman–Crippen LogP) is -1.78. The number of carboxylic acid groups (broad SMARTS) is 1. The summed E-state index contributed by atoms with van der Waals surface area (Å²) in [5, 5.41) is 39.1. The first kappa shape index (κ1) is 20.5. The van der Waals surface area contributed by atoms with Crippen molar-refractivity contribution in [3.63, 3.8) is 0 Å². The molecule has 0 aliphatic heterocycles. The highest BCUT2D eigenvalue weighted by molar-refractivity contribution is 5.87. The van der Waals surface area contributed by atoms with Crippen molar-refractivity contribution in [3.05, 3.63) is 11.8 Å². The molecule has 0 aliphatic carbocycles. The molecule has 0 fully saturated rings. The van der Waals surface area contributed by atoms with E-state index in [2.05, 4.69) is 20.8 Å². The van der Waals surface area contributed by atoms with Gasteiger partial charge in [-0.3, -0.25) is 9.59 Å². The molecule has 12 heteroatoms. The van der Waals surface area contributed by atoms with Crippen molar-refractivity contribution >= 4 is 17.8 Å². The second-order valence-electron chi connectivity index (χ2n) is 5.36. The fourth-order valence-electron chi connectivity index (χ4n) is 1.89. The summed E-state index contributed by atoms with van der Waals surface area (Å²) in [5.41, 5.74) is 5.52. The standard InChI is InChI=1S/C13H21N5O7/c1-5(20)10(6(2)21)16-13(24)15-8(3-9(22)23)12-18-17-11(25-12)7(14)4-19/h5,7-8,10,19-20H,3-4,14H2,1-2H3,(H,22,23)(H2,15,16,24)/t5?,7-,8-,10-/m0/s1. The van der Waals surface area contributed by atoms with Crippen molar-refractivity contribution in [1.29, 1.82) is 0 Å². The quantitative estimate of drug-likeness (QED) is 0.292. The molecule has 1 rings (SSSR count). The van der Waals surface area contributed by atoms with Gasteiger partial charge in [0.25, 0.3) is 0 Å². The van der Waals surface area contributed by atoms with Gasteiger partial charge in [-0.15, -0.1) is 10.2 Å². The van der Waals surface area contributed by atoms with Gasteiger partial charge in [0, 0.05) is 0 Å². The van der Waals surface area contributed by atoms with E-state index >= 15 is 0 Å². The van der Waals surface area contributed by atoms with E-state index in [4.69, 9.17) is 20.4 Å². The van der Waals surface area contributed by atoms with Crippen LogP contribution in [0.5, 0.6) is 0 Å². The number of hydrogen-bond acceptors (Lipinski definition) is 9. The molecule has 1 aromatic heterocycles. The number of aliphatic carboxylic acids is 1. The second-order valence-corrected chi connectivity index (χ2v) is 5.36. The predicted molar refractivity (Wildman–Crippen MR) is 81.1 cm³/mol. The topological polar surface area (TPSA) is 201 Å². The molecule has 0 saturated heterocycles. The number of aliphatic hydroxyl groups excluding tert-OH is 2. The molecule has 0 aliphatic rings. The lowest BCUT2D eigenvalue weighted by Gasteiger charge is -2.20. The average Bonchev–Trinajstić information content (AvgIpc) is 3.00. The number of nitrogens with two attached hydrogens (primary N) is 1. The second kappa shape index (κ2) is 9.05. The van der Waals surface area contributed by atoms with Crippen molar-refractivity contribution in [3.8, 4) is 0 Å². The third-order valence-electron chi connectivity index (χ3n) is 3.16. The van der Waals surface area contributed by atoms with Gasteiger partial charge < -0.3 is 36.1 Å². The lowest BCUT2D eigenvalue weighted by Crippen LogP contribution is -2.51. The number of ketones is 1. The van der Waals surface area contributed by atoms with Crippen LogP contribution in [0.25, 0.3) is 0 Å². The number of aliphatic hydroxyl groups is 2. The molecule has 140 valence electrons. The van der Waals surface area contributed by atoms with Crippen molar-refractivity contribution in [2.45, 2.75) is 44.5 Å². The SMILES string of the molecule is CC(=O)[C@@H](NC(=O)N[C@@H](CC(=O)O)c1nnc([C@@H](N)CO)o1)C(C)O. The molecule has 1 unspecified atom stereocenters. The number of Topliss-reactive ketones (excluding diaryl/α,β-unsaturated/α-hetero) is 1. The van der Waals surface area contributed by atoms with Gasteiger partial charge in [-0.05, 0) is 13.8 Å². The fourth-order valence-corrected chi connectivity index (χ4v) is 1.89. The van der Waals surface area contributed by atoms with Gasteiger partial charge in [0.1, 0.15) is 18.1 Å². The third kappa shape index (κ3) is 6.10. The van der Waals surface area contributed by atoms with E-state index in [1.54, 1.807) is 0 Å². The van der Waals surface area contributed by atoms with E-state index in [0.29, 0.717) is 0 Å². The molecule has 0 saturated carbocycles. The lowest BCUT2D eigenvalue weighted by atomic mass is 10.1. The van der Waals surface area contributed by atoms with Gasteiger partial charge in [0.05, 0.1) is 19.1 Å². The summed E-state index contributed by atoms with van der Waals surface area (Å²) in [6.07, 6.45) is -1.72. The Kier molecular flexibility index (Phi) is 7.42. The average molecular weight is 359 g/mol. The van der Waals surface area contributed by atoms with E-state index in [0.717, 1.165) is 0 Å². The number of rotatable bonds is 9. The highest BCUT2D eigenvalue weighted by atomic mass is 16.4. The molecule has 0 spiro atoms. The maximum Gasteiger partial charge on any atom is 0.316 e. The number of nitrogens with one attached hydrogen (secondary N) is 2. The number of carbonyl (C=O) groups excluding carboxylic acids is 2. The van der Waals surface area contributed by atoms with Crippen LogP contribution >= 0.6 is 0 Å². The number of urea groups is 1. The highest BCUT2D eigenvalue weighted by Gasteiger charge is 2.28. The Labute approximate surface area is 142 Å². The smallest absolute Gasteiger partial charge is 0.316 e. The molecule has 12 nitrogen and oxygen atoms in total. The minimum absolute atomic E-state index is 0.124. The van der Waals surface area contributed by atoms with Crippen molar-refractivity contribution in [2.24, 2.45) is 5.73 Å². The highest BCUT2D eigenvalue weighted by Crippen LogP contribution is 2.18. The number of carboxylic acids is 1. The first-order chi connectivity index (χ1) is 11.6.